The topological polar surface area (TPSA) is 106 Å². The average Bonchev–Trinajstić information content (AvgIpc) is 3.18. The smallest absolute Gasteiger partial charge is 0.369 e. The van der Waals surface area contributed by atoms with Crippen molar-refractivity contribution >= 4 is 11.3 Å². The summed E-state index contributed by atoms with van der Waals surface area (Å²) in [7, 11) is 1.50. The molecule has 11 heteroatoms. The Bertz CT molecular complexity index is 849. The molecule has 0 radical (unpaired) electrons. The molecular formula is C10H12N8O2S. The zero-order chi connectivity index (χ0) is 15.7. The largest absolute Gasteiger partial charge is 0.463 e. The van der Waals surface area contributed by atoms with Gasteiger partial charge in [-0.25, -0.2) is 14.5 Å². The highest BCUT2D eigenvalue weighted by Crippen LogP contribution is 2.17. The lowest BCUT2D eigenvalue weighted by Crippen LogP contribution is -2.23. The highest BCUT2D eigenvalue weighted by Gasteiger charge is 2.19. The van der Waals surface area contributed by atoms with Crippen LogP contribution in [0.2, 0.25) is 0 Å². The van der Waals surface area contributed by atoms with Crippen LogP contribution in [0.3, 0.4) is 0 Å². The number of tetrazole rings is 1. The van der Waals surface area contributed by atoms with Gasteiger partial charge in [-0.1, -0.05) is 16.6 Å². The Balaban J connectivity index is 1.93. The Hall–Kier alpha value is -2.56. The summed E-state index contributed by atoms with van der Waals surface area (Å²) in [5.74, 6) is 0.266. The second-order valence-corrected chi connectivity index (χ2v) is 4.82. The van der Waals surface area contributed by atoms with Crippen molar-refractivity contribution < 1.29 is 6.11 Å². The molecule has 0 saturated carbocycles. The molecule has 10 nitrogen and oxygen atoms in total. The van der Waals surface area contributed by atoms with Crippen molar-refractivity contribution in [2.75, 3.05) is 0 Å². The molecule has 3 aromatic heterocycles. The lowest BCUT2D eigenvalue weighted by atomic mass is 10.4. The number of thiazole rings is 1. The molecular weight excluding hydrogens is 296 g/mol. The average molecular weight is 310 g/mol. The molecule has 0 N–H and O–H groups in total. The fraction of sp³-hybridized carbons (Fsp3) is 0.400. The third-order valence-electron chi connectivity index (χ3n) is 2.74. The normalized spacial score (nSPS) is 11.6. The van der Waals surface area contributed by atoms with Gasteiger partial charge < -0.3 is 4.74 Å². The fourth-order valence-corrected chi connectivity index (χ4v) is 2.14. The molecule has 0 aromatic carbocycles. The van der Waals surface area contributed by atoms with Gasteiger partial charge in [0.25, 0.3) is 5.19 Å². The monoisotopic (exact) mass is 310 g/mol. The first-order valence-electron chi connectivity index (χ1n) is 6.56. The third-order valence-corrected chi connectivity index (χ3v) is 3.37. The Morgan fingerprint density at radius 2 is 2.29 bits per heavy atom. The molecule has 0 bridgehead atoms. The molecule has 3 heterocycles. The molecule has 110 valence electrons. The van der Waals surface area contributed by atoms with Crippen LogP contribution in [-0.4, -0.2) is 39.8 Å². The molecule has 0 aliphatic heterocycles. The van der Waals surface area contributed by atoms with Crippen molar-refractivity contribution in [3.8, 4) is 11.0 Å². The van der Waals surface area contributed by atoms with E-state index in [1.165, 1.54) is 18.4 Å². The highest BCUT2D eigenvalue weighted by molar-refractivity contribution is 7.11. The van der Waals surface area contributed by atoms with E-state index in [9.17, 15) is 4.79 Å². The quantitative estimate of drug-likeness (QED) is 0.632. The van der Waals surface area contributed by atoms with Gasteiger partial charge in [0.05, 0.1) is 1.37 Å². The lowest BCUT2D eigenvalue weighted by molar-refractivity contribution is 0.290. The van der Waals surface area contributed by atoms with E-state index in [-0.39, 0.29) is 18.6 Å². The maximum Gasteiger partial charge on any atom is 0.369 e. The second kappa shape index (κ2) is 5.44. The number of ether oxygens (including phenoxy) is 1. The number of hydrogen-bond donors (Lipinski definition) is 0. The van der Waals surface area contributed by atoms with Crippen molar-refractivity contribution in [3.05, 3.63) is 27.7 Å². The van der Waals surface area contributed by atoms with Crippen LogP contribution < -0.4 is 10.4 Å². The van der Waals surface area contributed by atoms with Gasteiger partial charge in [0.1, 0.15) is 12.3 Å². The molecule has 0 fully saturated rings. The summed E-state index contributed by atoms with van der Waals surface area (Å²) >= 11 is 1.22. The first kappa shape index (κ1) is 12.2. The van der Waals surface area contributed by atoms with Crippen molar-refractivity contribution in [3.63, 3.8) is 0 Å². The van der Waals surface area contributed by atoms with Crippen molar-refractivity contribution in [1.29, 1.82) is 0 Å². The van der Waals surface area contributed by atoms with E-state index < -0.39 is 5.69 Å². The molecule has 0 aliphatic rings. The summed E-state index contributed by atoms with van der Waals surface area (Å²) in [6, 6.07) is 0. The number of aryl methyl sites for hydroxylation is 2. The van der Waals surface area contributed by atoms with E-state index in [0.717, 1.165) is 9.36 Å². The lowest BCUT2D eigenvalue weighted by Gasteiger charge is -2.05. The van der Waals surface area contributed by atoms with Crippen molar-refractivity contribution in [2.45, 2.75) is 20.1 Å². The van der Waals surface area contributed by atoms with Gasteiger partial charge in [0.2, 0.25) is 5.82 Å². The fourth-order valence-electron chi connectivity index (χ4n) is 1.71. The van der Waals surface area contributed by atoms with Gasteiger partial charge in [-0.15, -0.1) is 9.78 Å². The molecule has 0 spiro atoms. The minimum absolute atomic E-state index is 0.103. The summed E-state index contributed by atoms with van der Waals surface area (Å²) in [5.41, 5.74) is 0.152. The molecule has 0 unspecified atom stereocenters. The van der Waals surface area contributed by atoms with Crippen LogP contribution >= 0.6 is 11.3 Å². The molecule has 0 aliphatic carbocycles. The zero-order valence-electron chi connectivity index (χ0n) is 12.3. The van der Waals surface area contributed by atoms with E-state index in [2.05, 4.69) is 25.7 Å². The summed E-state index contributed by atoms with van der Waals surface area (Å²) in [4.78, 5) is 15.8. The van der Waals surface area contributed by atoms with Gasteiger partial charge >= 0.3 is 5.69 Å². The van der Waals surface area contributed by atoms with Crippen LogP contribution in [0.4, 0.5) is 0 Å². The second-order valence-electron chi connectivity index (χ2n) is 4.00. The molecule has 0 amide bonds. The first-order chi connectivity index (χ1) is 10.6. The van der Waals surface area contributed by atoms with Gasteiger partial charge in [-0.05, 0) is 17.4 Å². The number of aromatic nitrogens is 8. The van der Waals surface area contributed by atoms with E-state index in [4.69, 9.17) is 6.11 Å². The predicted molar refractivity (Wildman–Crippen MR) is 72.3 cm³/mol. The number of hydrogen-bond acceptors (Lipinski definition) is 8. The van der Waals surface area contributed by atoms with Crippen LogP contribution in [0, 0.1) is 0 Å². The first-order valence-corrected chi connectivity index (χ1v) is 6.94. The Morgan fingerprint density at radius 1 is 1.43 bits per heavy atom. The van der Waals surface area contributed by atoms with E-state index >= 15 is 0 Å². The van der Waals surface area contributed by atoms with Crippen LogP contribution in [0.15, 0.2) is 16.3 Å². The van der Waals surface area contributed by atoms with Crippen molar-refractivity contribution in [1.82, 2.24) is 39.8 Å². The minimum atomic E-state index is -0.424. The van der Waals surface area contributed by atoms with Gasteiger partial charge in [0.15, 0.2) is 0 Å². The van der Waals surface area contributed by atoms with Crippen LogP contribution in [0.1, 0.15) is 14.0 Å². The minimum Gasteiger partial charge on any atom is -0.463 e. The molecule has 3 aromatic rings. The van der Waals surface area contributed by atoms with E-state index in [0.29, 0.717) is 17.4 Å². The number of rotatable bonds is 5. The Labute approximate surface area is 124 Å². The van der Waals surface area contributed by atoms with Gasteiger partial charge in [-0.2, -0.15) is 4.68 Å². The van der Waals surface area contributed by atoms with E-state index in [1.54, 1.807) is 10.1 Å². The summed E-state index contributed by atoms with van der Waals surface area (Å²) in [6.07, 6.45) is 0.146. The van der Waals surface area contributed by atoms with Gasteiger partial charge in [-0.3, -0.25) is 0 Å². The summed E-state index contributed by atoms with van der Waals surface area (Å²) < 4.78 is 16.7. The van der Waals surface area contributed by atoms with Gasteiger partial charge in [0, 0.05) is 25.1 Å². The third kappa shape index (κ3) is 2.42. The summed E-state index contributed by atoms with van der Waals surface area (Å²) in [5, 5.41) is 17.3. The molecule has 3 rings (SSSR count). The van der Waals surface area contributed by atoms with Crippen LogP contribution in [-0.2, 0) is 20.2 Å². The summed E-state index contributed by atoms with van der Waals surface area (Å²) in [6.45, 7) is 2.56. The maximum atomic E-state index is 11.9. The molecule has 21 heavy (non-hydrogen) atoms. The van der Waals surface area contributed by atoms with Crippen molar-refractivity contribution in [2.24, 2.45) is 7.05 Å². The molecule has 0 atom stereocenters. The SMILES string of the molecule is [3H]c1csc(OCc2c(-n3nnn(C)c3=O)nnn2CC)n1. The standard InChI is InChI=1S/C10H12N8O2S/c1-3-17-7(6-20-9-11-4-5-21-9)8(12-13-17)18-10(19)16(2)14-15-18/h4-5H,3,6H2,1-2H3/i4T. The Morgan fingerprint density at radius 3 is 2.90 bits per heavy atom. The zero-order valence-corrected chi connectivity index (χ0v) is 12.1. The van der Waals surface area contributed by atoms with Crippen LogP contribution in [0.25, 0.3) is 5.82 Å². The number of nitrogens with zero attached hydrogens (tertiary/aromatic N) is 8. The Kier molecular flexibility index (Phi) is 3.16. The molecule has 0 saturated heterocycles. The van der Waals surface area contributed by atoms with E-state index in [1.807, 2.05) is 6.92 Å². The maximum absolute atomic E-state index is 11.9. The van der Waals surface area contributed by atoms with Crippen LogP contribution in [0.5, 0.6) is 5.19 Å². The predicted octanol–water partition coefficient (Wildman–Crippen LogP) is -0.387. The highest BCUT2D eigenvalue weighted by atomic mass is 32.1.